The molecule has 0 spiro atoms. The van der Waals surface area contributed by atoms with Crippen LogP contribution in [0.25, 0.3) is 0 Å². The molecule has 1 aromatic rings. The third-order valence-electron chi connectivity index (χ3n) is 4.39. The lowest BCUT2D eigenvalue weighted by Gasteiger charge is -2.30. The molecule has 0 saturated carbocycles. The van der Waals surface area contributed by atoms with Crippen LogP contribution in [0.1, 0.15) is 41.8 Å². The molecule has 2 rings (SSSR count). The summed E-state index contributed by atoms with van der Waals surface area (Å²) >= 11 is 0. The Balaban J connectivity index is 2.03. The number of hydrogen-bond acceptors (Lipinski definition) is 3. The SMILES string of the molecule is Cc1cc(C)cc(C(=O)N(CCC(=O)N2CCNCC2)C(C)C)c1. The normalized spacial score (nSPS) is 14.8. The molecule has 1 aliphatic rings. The lowest BCUT2D eigenvalue weighted by Crippen LogP contribution is -2.47. The number of amides is 2. The minimum atomic E-state index is 0.00455. The van der Waals surface area contributed by atoms with Gasteiger partial charge in [0, 0.05) is 50.7 Å². The Hall–Kier alpha value is -1.88. The summed E-state index contributed by atoms with van der Waals surface area (Å²) in [5, 5.41) is 3.24. The third kappa shape index (κ3) is 4.81. The van der Waals surface area contributed by atoms with Crippen molar-refractivity contribution in [2.24, 2.45) is 0 Å². The van der Waals surface area contributed by atoms with Gasteiger partial charge in [0.25, 0.3) is 5.91 Å². The number of carbonyl (C=O) groups excluding carboxylic acids is 2. The van der Waals surface area contributed by atoms with Gasteiger partial charge in [0.2, 0.25) is 5.91 Å². The number of piperazine rings is 1. The van der Waals surface area contributed by atoms with Crippen LogP contribution in [-0.4, -0.2) is 60.4 Å². The maximum absolute atomic E-state index is 12.9. The Morgan fingerprint density at radius 1 is 1.12 bits per heavy atom. The minimum absolute atomic E-state index is 0.00455. The predicted molar refractivity (Wildman–Crippen MR) is 96.2 cm³/mol. The summed E-state index contributed by atoms with van der Waals surface area (Å²) in [5.74, 6) is 0.139. The van der Waals surface area contributed by atoms with Crippen LogP contribution >= 0.6 is 0 Å². The smallest absolute Gasteiger partial charge is 0.254 e. The fourth-order valence-electron chi connectivity index (χ4n) is 3.15. The second-order valence-electron chi connectivity index (χ2n) is 6.85. The number of rotatable bonds is 5. The fraction of sp³-hybridized carbons (Fsp3) is 0.579. The first kappa shape index (κ1) is 18.5. The molecular weight excluding hydrogens is 302 g/mol. The second-order valence-corrected chi connectivity index (χ2v) is 6.85. The summed E-state index contributed by atoms with van der Waals surface area (Å²) in [4.78, 5) is 28.9. The lowest BCUT2D eigenvalue weighted by atomic mass is 10.1. The number of hydrogen-bond donors (Lipinski definition) is 1. The van der Waals surface area contributed by atoms with E-state index >= 15 is 0 Å². The van der Waals surface area contributed by atoms with Crippen LogP contribution in [0.4, 0.5) is 0 Å². The molecule has 24 heavy (non-hydrogen) atoms. The first-order chi connectivity index (χ1) is 11.4. The van der Waals surface area contributed by atoms with Gasteiger partial charge in [-0.3, -0.25) is 9.59 Å². The van der Waals surface area contributed by atoms with Gasteiger partial charge < -0.3 is 15.1 Å². The molecule has 0 bridgehead atoms. The summed E-state index contributed by atoms with van der Waals surface area (Å²) in [6.45, 7) is 11.7. The van der Waals surface area contributed by atoms with Gasteiger partial charge in [-0.05, 0) is 39.8 Å². The molecule has 0 unspecified atom stereocenters. The summed E-state index contributed by atoms with van der Waals surface area (Å²) in [7, 11) is 0. The third-order valence-corrected chi connectivity index (χ3v) is 4.39. The van der Waals surface area contributed by atoms with E-state index < -0.39 is 0 Å². The Kier molecular flexibility index (Phi) is 6.37. The zero-order chi connectivity index (χ0) is 17.7. The zero-order valence-electron chi connectivity index (χ0n) is 15.3. The van der Waals surface area contributed by atoms with Crippen molar-refractivity contribution in [1.29, 1.82) is 0 Å². The minimum Gasteiger partial charge on any atom is -0.340 e. The van der Waals surface area contributed by atoms with E-state index in [1.807, 2.05) is 44.7 Å². The molecule has 2 amide bonds. The van der Waals surface area contributed by atoms with Gasteiger partial charge in [-0.15, -0.1) is 0 Å². The number of benzene rings is 1. The van der Waals surface area contributed by atoms with E-state index in [0.29, 0.717) is 18.5 Å². The van der Waals surface area contributed by atoms with E-state index in [-0.39, 0.29) is 17.9 Å². The maximum atomic E-state index is 12.9. The highest BCUT2D eigenvalue weighted by Gasteiger charge is 2.22. The van der Waals surface area contributed by atoms with E-state index in [2.05, 4.69) is 11.4 Å². The van der Waals surface area contributed by atoms with E-state index in [0.717, 1.165) is 37.3 Å². The molecule has 1 aromatic carbocycles. The Labute approximate surface area is 145 Å². The predicted octanol–water partition coefficient (Wildman–Crippen LogP) is 1.98. The van der Waals surface area contributed by atoms with Gasteiger partial charge in [-0.2, -0.15) is 0 Å². The van der Waals surface area contributed by atoms with Crippen LogP contribution in [0.2, 0.25) is 0 Å². The number of nitrogens with one attached hydrogen (secondary N) is 1. The largest absolute Gasteiger partial charge is 0.340 e. The van der Waals surface area contributed by atoms with Crippen molar-refractivity contribution in [2.75, 3.05) is 32.7 Å². The molecule has 132 valence electrons. The summed E-state index contributed by atoms with van der Waals surface area (Å²) in [5.41, 5.74) is 2.87. The van der Waals surface area contributed by atoms with Gasteiger partial charge in [-0.25, -0.2) is 0 Å². The van der Waals surface area contributed by atoms with Crippen molar-refractivity contribution in [1.82, 2.24) is 15.1 Å². The molecule has 1 heterocycles. The highest BCUT2D eigenvalue weighted by Crippen LogP contribution is 2.14. The van der Waals surface area contributed by atoms with E-state index in [4.69, 9.17) is 0 Å². The van der Waals surface area contributed by atoms with Gasteiger partial charge >= 0.3 is 0 Å². The van der Waals surface area contributed by atoms with Crippen molar-refractivity contribution in [3.8, 4) is 0 Å². The standard InChI is InChI=1S/C19H29N3O2/c1-14(2)22(8-5-18(23)21-9-6-20-7-10-21)19(24)17-12-15(3)11-16(4)13-17/h11-14,20H,5-10H2,1-4H3. The first-order valence-electron chi connectivity index (χ1n) is 8.76. The monoisotopic (exact) mass is 331 g/mol. The number of nitrogens with zero attached hydrogens (tertiary/aromatic N) is 2. The summed E-state index contributed by atoms with van der Waals surface area (Å²) in [6.07, 6.45) is 0.384. The fourth-order valence-corrected chi connectivity index (χ4v) is 3.15. The van der Waals surface area contributed by atoms with Crippen LogP contribution in [-0.2, 0) is 4.79 Å². The molecule has 1 fully saturated rings. The van der Waals surface area contributed by atoms with Gasteiger partial charge in [0.05, 0.1) is 0 Å². The molecule has 0 atom stereocenters. The topological polar surface area (TPSA) is 52.7 Å². The summed E-state index contributed by atoms with van der Waals surface area (Å²) in [6, 6.07) is 5.96. The Morgan fingerprint density at radius 2 is 1.71 bits per heavy atom. The molecule has 5 heteroatoms. The molecule has 0 aromatic heterocycles. The van der Waals surface area contributed by atoms with E-state index in [9.17, 15) is 9.59 Å². The Morgan fingerprint density at radius 3 is 2.25 bits per heavy atom. The molecule has 1 aliphatic heterocycles. The highest BCUT2D eigenvalue weighted by atomic mass is 16.2. The van der Waals surface area contributed by atoms with Crippen molar-refractivity contribution in [3.05, 3.63) is 34.9 Å². The quantitative estimate of drug-likeness (QED) is 0.897. The molecule has 0 aliphatic carbocycles. The van der Waals surface area contributed by atoms with Crippen molar-refractivity contribution >= 4 is 11.8 Å². The van der Waals surface area contributed by atoms with Crippen LogP contribution in [0.15, 0.2) is 18.2 Å². The average molecular weight is 331 g/mol. The van der Waals surface area contributed by atoms with Crippen molar-refractivity contribution in [3.63, 3.8) is 0 Å². The molecular formula is C19H29N3O2. The highest BCUT2D eigenvalue weighted by molar-refractivity contribution is 5.95. The summed E-state index contributed by atoms with van der Waals surface area (Å²) < 4.78 is 0. The van der Waals surface area contributed by atoms with Gasteiger partial charge in [-0.1, -0.05) is 17.2 Å². The van der Waals surface area contributed by atoms with Gasteiger partial charge in [0.15, 0.2) is 0 Å². The van der Waals surface area contributed by atoms with Crippen LogP contribution in [0.3, 0.4) is 0 Å². The lowest BCUT2D eigenvalue weighted by molar-refractivity contribution is -0.132. The molecule has 1 N–H and O–H groups in total. The van der Waals surface area contributed by atoms with E-state index in [1.165, 1.54) is 0 Å². The average Bonchev–Trinajstić information content (AvgIpc) is 2.54. The zero-order valence-corrected chi connectivity index (χ0v) is 15.3. The molecule has 5 nitrogen and oxygen atoms in total. The second kappa shape index (κ2) is 8.29. The Bertz CT molecular complexity index is 572. The number of aryl methyl sites for hydroxylation is 2. The van der Waals surface area contributed by atoms with Crippen LogP contribution < -0.4 is 5.32 Å². The molecule has 0 radical (unpaired) electrons. The van der Waals surface area contributed by atoms with E-state index in [1.54, 1.807) is 4.90 Å². The molecule has 1 saturated heterocycles. The van der Waals surface area contributed by atoms with Crippen molar-refractivity contribution < 1.29 is 9.59 Å². The van der Waals surface area contributed by atoms with Crippen LogP contribution in [0, 0.1) is 13.8 Å². The van der Waals surface area contributed by atoms with Crippen LogP contribution in [0.5, 0.6) is 0 Å². The van der Waals surface area contributed by atoms with Crippen molar-refractivity contribution in [2.45, 2.75) is 40.2 Å². The first-order valence-corrected chi connectivity index (χ1v) is 8.76. The maximum Gasteiger partial charge on any atom is 0.254 e. The number of carbonyl (C=O) groups is 2. The van der Waals surface area contributed by atoms with Gasteiger partial charge in [0.1, 0.15) is 0 Å².